The second kappa shape index (κ2) is 8.87. The van der Waals surface area contributed by atoms with Crippen molar-refractivity contribution in [3.8, 4) is 0 Å². The van der Waals surface area contributed by atoms with Crippen molar-refractivity contribution in [1.82, 2.24) is 0 Å². The standard InChI is InChI=1S/C6H7N.C4H7NS/c7-6-4-2-1-3-5-6;1-2-5-3-4-6/h1-5H,7H2;2-4,6H,1H3/b;4-3-,5-2?. The molecule has 0 aliphatic carbocycles. The van der Waals surface area contributed by atoms with E-state index < -0.39 is 0 Å². The SMILES string of the molecule is CC=N/C=C\S.Nc1ccccc1. The van der Waals surface area contributed by atoms with Crippen LogP contribution in [0.5, 0.6) is 0 Å². The van der Waals surface area contributed by atoms with Crippen LogP contribution in [-0.2, 0) is 0 Å². The Morgan fingerprint density at radius 2 is 1.92 bits per heavy atom. The molecule has 0 aliphatic heterocycles. The molecule has 2 nitrogen and oxygen atoms in total. The highest BCUT2D eigenvalue weighted by molar-refractivity contribution is 7.83. The van der Waals surface area contributed by atoms with Gasteiger partial charge in [-0.1, -0.05) is 18.2 Å². The molecule has 0 spiro atoms. The molecule has 0 saturated heterocycles. The van der Waals surface area contributed by atoms with Crippen LogP contribution in [0.2, 0.25) is 0 Å². The summed E-state index contributed by atoms with van der Waals surface area (Å²) < 4.78 is 0. The van der Waals surface area contributed by atoms with E-state index in [1.54, 1.807) is 17.8 Å². The van der Waals surface area contributed by atoms with E-state index in [0.717, 1.165) is 5.69 Å². The second-order valence-electron chi connectivity index (χ2n) is 2.12. The van der Waals surface area contributed by atoms with Crippen LogP contribution < -0.4 is 5.73 Å². The van der Waals surface area contributed by atoms with Crippen LogP contribution in [0.15, 0.2) is 46.9 Å². The molecule has 0 fully saturated rings. The van der Waals surface area contributed by atoms with E-state index in [9.17, 15) is 0 Å². The van der Waals surface area contributed by atoms with Crippen LogP contribution >= 0.6 is 12.6 Å². The van der Waals surface area contributed by atoms with E-state index in [1.165, 1.54) is 0 Å². The summed E-state index contributed by atoms with van der Waals surface area (Å²) in [6.07, 6.45) is 3.32. The number of benzene rings is 1. The average molecular weight is 194 g/mol. The van der Waals surface area contributed by atoms with Gasteiger partial charge in [-0.3, -0.25) is 4.99 Å². The maximum Gasteiger partial charge on any atom is 0.0324 e. The molecule has 1 rings (SSSR count). The summed E-state index contributed by atoms with van der Waals surface area (Å²) in [5.74, 6) is 0. The van der Waals surface area contributed by atoms with Crippen molar-refractivity contribution in [3.05, 3.63) is 41.9 Å². The number of nitrogen functional groups attached to an aromatic ring is 1. The van der Waals surface area contributed by atoms with Crippen LogP contribution in [0.25, 0.3) is 0 Å². The second-order valence-corrected chi connectivity index (χ2v) is 2.41. The normalized spacial score (nSPS) is 10.0. The smallest absolute Gasteiger partial charge is 0.0324 e. The topological polar surface area (TPSA) is 38.4 Å². The maximum absolute atomic E-state index is 5.36. The van der Waals surface area contributed by atoms with Gasteiger partial charge < -0.3 is 5.73 Å². The minimum Gasteiger partial charge on any atom is -0.399 e. The van der Waals surface area contributed by atoms with Crippen LogP contribution in [0.1, 0.15) is 6.92 Å². The summed E-state index contributed by atoms with van der Waals surface area (Å²) in [4.78, 5) is 3.71. The van der Waals surface area contributed by atoms with Gasteiger partial charge in [-0.05, 0) is 24.5 Å². The van der Waals surface area contributed by atoms with Gasteiger partial charge in [0.15, 0.2) is 0 Å². The van der Waals surface area contributed by atoms with E-state index in [-0.39, 0.29) is 0 Å². The number of hydrogen-bond acceptors (Lipinski definition) is 3. The monoisotopic (exact) mass is 194 g/mol. The largest absolute Gasteiger partial charge is 0.399 e. The van der Waals surface area contributed by atoms with Crippen LogP contribution in [0, 0.1) is 0 Å². The van der Waals surface area contributed by atoms with Crippen LogP contribution in [0.3, 0.4) is 0 Å². The van der Waals surface area contributed by atoms with Gasteiger partial charge in [0.05, 0.1) is 0 Å². The highest BCUT2D eigenvalue weighted by Gasteiger charge is 1.72. The lowest BCUT2D eigenvalue weighted by Gasteiger charge is -1.83. The summed E-state index contributed by atoms with van der Waals surface area (Å²) in [6.45, 7) is 1.85. The molecule has 0 atom stereocenters. The number of para-hydroxylation sites is 1. The first-order valence-electron chi connectivity index (χ1n) is 3.88. The first kappa shape index (κ1) is 11.8. The molecule has 0 saturated carbocycles. The van der Waals surface area contributed by atoms with E-state index >= 15 is 0 Å². The number of nitrogens with two attached hydrogens (primary N) is 1. The van der Waals surface area contributed by atoms with Crippen molar-refractivity contribution in [2.45, 2.75) is 6.92 Å². The first-order chi connectivity index (χ1) is 6.31. The van der Waals surface area contributed by atoms with E-state index in [0.29, 0.717) is 0 Å². The van der Waals surface area contributed by atoms with Gasteiger partial charge in [0.1, 0.15) is 0 Å². The van der Waals surface area contributed by atoms with Gasteiger partial charge in [-0.25, -0.2) is 0 Å². The van der Waals surface area contributed by atoms with Gasteiger partial charge in [0.25, 0.3) is 0 Å². The molecule has 1 aromatic carbocycles. The molecule has 13 heavy (non-hydrogen) atoms. The van der Waals surface area contributed by atoms with Crippen molar-refractivity contribution >= 4 is 24.5 Å². The Kier molecular flexibility index (Phi) is 8.04. The minimum absolute atomic E-state index is 0.822. The summed E-state index contributed by atoms with van der Waals surface area (Å²) >= 11 is 3.76. The Morgan fingerprint density at radius 1 is 1.31 bits per heavy atom. The molecule has 0 aliphatic rings. The number of aliphatic imine (C=N–C) groups is 1. The van der Waals surface area contributed by atoms with Gasteiger partial charge in [0.2, 0.25) is 0 Å². The Labute approximate surface area is 84.6 Å². The van der Waals surface area contributed by atoms with Crippen LogP contribution in [-0.4, -0.2) is 6.21 Å². The molecule has 2 N–H and O–H groups in total. The van der Waals surface area contributed by atoms with Crippen molar-refractivity contribution in [2.24, 2.45) is 4.99 Å². The van der Waals surface area contributed by atoms with E-state index in [4.69, 9.17) is 5.73 Å². The molecule has 0 heterocycles. The van der Waals surface area contributed by atoms with Crippen LogP contribution in [0.4, 0.5) is 5.69 Å². The van der Waals surface area contributed by atoms with Gasteiger partial charge in [-0.2, -0.15) is 0 Å². The minimum atomic E-state index is 0.822. The van der Waals surface area contributed by atoms with Gasteiger partial charge >= 0.3 is 0 Å². The molecule has 0 aromatic heterocycles. The van der Waals surface area contributed by atoms with Crippen molar-refractivity contribution in [2.75, 3.05) is 5.73 Å². The molecule has 1 aromatic rings. The van der Waals surface area contributed by atoms with Crippen molar-refractivity contribution in [1.29, 1.82) is 0 Å². The number of rotatable bonds is 1. The summed E-state index contributed by atoms with van der Waals surface area (Å²) in [7, 11) is 0. The van der Waals surface area contributed by atoms with Crippen molar-refractivity contribution in [3.63, 3.8) is 0 Å². The quantitative estimate of drug-likeness (QED) is 0.403. The fourth-order valence-electron chi connectivity index (χ4n) is 0.578. The predicted molar refractivity (Wildman–Crippen MR) is 63.1 cm³/mol. The van der Waals surface area contributed by atoms with Gasteiger partial charge in [-0.15, -0.1) is 12.6 Å². The fourth-order valence-corrected chi connectivity index (χ4v) is 0.655. The maximum atomic E-state index is 5.36. The Bertz CT molecular complexity index is 245. The Balaban J connectivity index is 0.000000226. The summed E-state index contributed by atoms with van der Waals surface area (Å²) in [5.41, 5.74) is 6.18. The lowest BCUT2D eigenvalue weighted by atomic mass is 10.3. The zero-order valence-electron chi connectivity index (χ0n) is 7.59. The molecule has 0 amide bonds. The molecule has 70 valence electrons. The molecule has 0 bridgehead atoms. The third kappa shape index (κ3) is 8.69. The highest BCUT2D eigenvalue weighted by atomic mass is 32.1. The third-order valence-corrected chi connectivity index (χ3v) is 1.23. The zero-order chi connectivity index (χ0) is 9.94. The van der Waals surface area contributed by atoms with E-state index in [2.05, 4.69) is 17.6 Å². The molecular weight excluding hydrogens is 180 g/mol. The Morgan fingerprint density at radius 3 is 2.15 bits per heavy atom. The number of nitrogens with zero attached hydrogens (tertiary/aromatic N) is 1. The fraction of sp³-hybridized carbons (Fsp3) is 0.100. The Hall–Kier alpha value is -1.22. The number of thiol groups is 1. The van der Waals surface area contributed by atoms with Crippen molar-refractivity contribution < 1.29 is 0 Å². The lowest BCUT2D eigenvalue weighted by molar-refractivity contribution is 1.60. The van der Waals surface area contributed by atoms with E-state index in [1.807, 2.05) is 37.3 Å². The molecular formula is C10H14N2S. The lowest BCUT2D eigenvalue weighted by Crippen LogP contribution is -1.79. The first-order valence-corrected chi connectivity index (χ1v) is 4.40. The highest BCUT2D eigenvalue weighted by Crippen LogP contribution is 1.95. The number of anilines is 1. The average Bonchev–Trinajstić information content (AvgIpc) is 2.17. The number of hydrogen-bond donors (Lipinski definition) is 2. The van der Waals surface area contributed by atoms with Gasteiger partial charge in [0, 0.05) is 18.1 Å². The summed E-state index contributed by atoms with van der Waals surface area (Å²) in [5, 5.41) is 1.58. The summed E-state index contributed by atoms with van der Waals surface area (Å²) in [6, 6.07) is 9.49. The predicted octanol–water partition coefficient (Wildman–Crippen LogP) is 2.75. The molecule has 3 heteroatoms. The molecule has 0 radical (unpaired) electrons. The molecule has 0 unspecified atom stereocenters. The zero-order valence-corrected chi connectivity index (χ0v) is 8.49. The third-order valence-electron chi connectivity index (χ3n) is 1.10.